The third-order valence-corrected chi connectivity index (χ3v) is 6.21. The predicted octanol–water partition coefficient (Wildman–Crippen LogP) is 4.58. The van der Waals surface area contributed by atoms with Crippen LogP contribution >= 0.6 is 11.6 Å². The van der Waals surface area contributed by atoms with Crippen LogP contribution in [0.4, 0.5) is 4.39 Å². The van der Waals surface area contributed by atoms with E-state index in [1.54, 1.807) is 36.4 Å². The average Bonchev–Trinajstić information content (AvgIpc) is 2.67. The van der Waals surface area contributed by atoms with E-state index in [0.717, 1.165) is 5.56 Å². The molecule has 28 heavy (non-hydrogen) atoms. The van der Waals surface area contributed by atoms with Gasteiger partial charge in [-0.25, -0.2) is 12.8 Å². The number of carbonyl (C=O) groups excluding carboxylic acids is 1. The highest BCUT2D eigenvalue weighted by molar-refractivity contribution is 7.91. The van der Waals surface area contributed by atoms with Crippen LogP contribution in [0.5, 0.6) is 0 Å². The Morgan fingerprint density at radius 1 is 0.964 bits per heavy atom. The molecule has 1 amide bonds. The number of carbonyl (C=O) groups is 1. The molecule has 0 fully saturated rings. The average molecular weight is 416 g/mol. The van der Waals surface area contributed by atoms with Crippen molar-refractivity contribution in [1.29, 1.82) is 0 Å². The fourth-order valence-corrected chi connectivity index (χ4v) is 4.31. The maximum Gasteiger partial charge on any atom is 0.250 e. The van der Waals surface area contributed by atoms with Crippen LogP contribution in [0.2, 0.25) is 5.02 Å². The van der Waals surface area contributed by atoms with Crippen LogP contribution in [-0.4, -0.2) is 14.3 Å². The second-order valence-corrected chi connectivity index (χ2v) is 8.26. The molecule has 0 unspecified atom stereocenters. The molecular weight excluding hydrogens is 401 g/mol. The minimum atomic E-state index is -3.90. The first-order valence-electron chi connectivity index (χ1n) is 8.16. The van der Waals surface area contributed by atoms with Gasteiger partial charge in [-0.1, -0.05) is 54.1 Å². The van der Waals surface area contributed by atoms with Gasteiger partial charge in [0.1, 0.15) is 5.82 Å². The molecule has 0 saturated heterocycles. The van der Waals surface area contributed by atoms with Gasteiger partial charge in [-0.05, 0) is 47.5 Å². The summed E-state index contributed by atoms with van der Waals surface area (Å²) in [5, 5.41) is 0.276. The molecule has 0 saturated carbocycles. The molecule has 3 aromatic carbocycles. The van der Waals surface area contributed by atoms with Crippen LogP contribution in [0.15, 0.2) is 76.5 Å². The summed E-state index contributed by atoms with van der Waals surface area (Å²) in [6.45, 7) is 0. The lowest BCUT2D eigenvalue weighted by atomic mass is 10.1. The summed E-state index contributed by atoms with van der Waals surface area (Å²) in [5.41, 5.74) is 6.58. The number of primary amides is 1. The Morgan fingerprint density at radius 2 is 1.64 bits per heavy atom. The van der Waals surface area contributed by atoms with E-state index < -0.39 is 21.6 Å². The Labute approximate surface area is 167 Å². The van der Waals surface area contributed by atoms with Gasteiger partial charge in [0, 0.05) is 0 Å². The van der Waals surface area contributed by atoms with Crippen LogP contribution in [0.1, 0.15) is 21.5 Å². The van der Waals surface area contributed by atoms with E-state index >= 15 is 0 Å². The van der Waals surface area contributed by atoms with E-state index in [4.69, 9.17) is 17.3 Å². The monoisotopic (exact) mass is 415 g/mol. The zero-order chi connectivity index (χ0) is 20.3. The quantitative estimate of drug-likeness (QED) is 0.619. The molecule has 0 bridgehead atoms. The van der Waals surface area contributed by atoms with E-state index in [1.165, 1.54) is 42.5 Å². The van der Waals surface area contributed by atoms with Crippen molar-refractivity contribution in [2.24, 2.45) is 5.73 Å². The molecule has 0 aliphatic rings. The maximum atomic E-state index is 13.1. The molecule has 0 radical (unpaired) electrons. The summed E-state index contributed by atoms with van der Waals surface area (Å²) < 4.78 is 38.8. The van der Waals surface area contributed by atoms with Gasteiger partial charge in [0.15, 0.2) is 0 Å². The van der Waals surface area contributed by atoms with Gasteiger partial charge < -0.3 is 5.73 Å². The van der Waals surface area contributed by atoms with Crippen LogP contribution in [0.25, 0.3) is 12.2 Å². The Morgan fingerprint density at radius 3 is 2.29 bits per heavy atom. The number of benzene rings is 3. The molecule has 2 N–H and O–H groups in total. The van der Waals surface area contributed by atoms with Gasteiger partial charge in [-0.2, -0.15) is 0 Å². The minimum absolute atomic E-state index is 0.0400. The summed E-state index contributed by atoms with van der Waals surface area (Å²) in [7, 11) is -3.90. The van der Waals surface area contributed by atoms with Crippen LogP contribution in [-0.2, 0) is 9.84 Å². The van der Waals surface area contributed by atoms with Crippen molar-refractivity contribution >= 4 is 39.5 Å². The number of halogens is 2. The zero-order valence-corrected chi connectivity index (χ0v) is 16.0. The molecule has 0 aliphatic heterocycles. The van der Waals surface area contributed by atoms with Gasteiger partial charge in [-0.15, -0.1) is 0 Å². The summed E-state index contributed by atoms with van der Waals surface area (Å²) in [5.74, 6) is -1.23. The molecule has 142 valence electrons. The van der Waals surface area contributed by atoms with Gasteiger partial charge >= 0.3 is 0 Å². The van der Waals surface area contributed by atoms with Gasteiger partial charge in [0.2, 0.25) is 15.7 Å². The number of amides is 1. The standard InChI is InChI=1S/C21H15ClFNO3S/c22-19-13-16(23)10-9-15(19)8-5-14-6-11-17(12-7-14)28(26,27)20-4-2-1-3-18(20)21(24)25/h1-13H,(H2,24,25)/b8-5+. The van der Waals surface area contributed by atoms with Crippen molar-refractivity contribution in [3.05, 3.63) is 94.3 Å². The van der Waals surface area contributed by atoms with Crippen molar-refractivity contribution in [3.63, 3.8) is 0 Å². The molecule has 0 aliphatic carbocycles. The summed E-state index contributed by atoms with van der Waals surface area (Å²) >= 11 is 5.98. The van der Waals surface area contributed by atoms with Crippen molar-refractivity contribution in [3.8, 4) is 0 Å². The molecule has 0 heterocycles. The fourth-order valence-electron chi connectivity index (χ4n) is 2.61. The Hall–Kier alpha value is -2.96. The first-order chi connectivity index (χ1) is 13.3. The molecule has 7 heteroatoms. The SMILES string of the molecule is NC(=O)c1ccccc1S(=O)(=O)c1ccc(/C=C/c2ccc(F)cc2Cl)cc1. The second kappa shape index (κ2) is 7.96. The first-order valence-corrected chi connectivity index (χ1v) is 10.0. The van der Waals surface area contributed by atoms with Crippen molar-refractivity contribution < 1.29 is 17.6 Å². The largest absolute Gasteiger partial charge is 0.366 e. The number of rotatable bonds is 5. The van der Waals surface area contributed by atoms with E-state index in [0.29, 0.717) is 5.56 Å². The highest BCUT2D eigenvalue weighted by Gasteiger charge is 2.22. The van der Waals surface area contributed by atoms with Gasteiger partial charge in [-0.3, -0.25) is 4.79 Å². The highest BCUT2D eigenvalue weighted by atomic mass is 35.5. The smallest absolute Gasteiger partial charge is 0.250 e. The summed E-state index contributed by atoms with van der Waals surface area (Å²) in [6, 6.07) is 16.0. The van der Waals surface area contributed by atoms with Crippen molar-refractivity contribution in [2.75, 3.05) is 0 Å². The Kier molecular flexibility index (Phi) is 5.63. The Bertz CT molecular complexity index is 1170. The number of sulfone groups is 1. The predicted molar refractivity (Wildman–Crippen MR) is 107 cm³/mol. The topological polar surface area (TPSA) is 77.2 Å². The summed E-state index contributed by atoms with van der Waals surface area (Å²) in [4.78, 5) is 11.4. The molecule has 4 nitrogen and oxygen atoms in total. The van der Waals surface area contributed by atoms with E-state index in [9.17, 15) is 17.6 Å². The number of nitrogens with two attached hydrogens (primary N) is 1. The molecule has 0 atom stereocenters. The molecule has 0 aromatic heterocycles. The Balaban J connectivity index is 1.90. The lowest BCUT2D eigenvalue weighted by molar-refractivity contribution is 0.0997. The third kappa shape index (κ3) is 4.13. The number of hydrogen-bond acceptors (Lipinski definition) is 3. The first kappa shape index (κ1) is 19.8. The second-order valence-electron chi connectivity index (χ2n) is 5.93. The van der Waals surface area contributed by atoms with Crippen LogP contribution in [0.3, 0.4) is 0 Å². The zero-order valence-electron chi connectivity index (χ0n) is 14.5. The highest BCUT2D eigenvalue weighted by Crippen LogP contribution is 2.25. The molecule has 3 rings (SSSR count). The fraction of sp³-hybridized carbons (Fsp3) is 0. The third-order valence-electron chi connectivity index (χ3n) is 4.05. The molecule has 0 spiro atoms. The normalized spacial score (nSPS) is 11.6. The van der Waals surface area contributed by atoms with Crippen LogP contribution < -0.4 is 5.73 Å². The van der Waals surface area contributed by atoms with Gasteiger partial charge in [0.05, 0.1) is 20.4 Å². The van der Waals surface area contributed by atoms with Crippen molar-refractivity contribution in [1.82, 2.24) is 0 Å². The summed E-state index contributed by atoms with van der Waals surface area (Å²) in [6.07, 6.45) is 3.43. The maximum absolute atomic E-state index is 13.1. The molecular formula is C21H15ClFNO3S. The minimum Gasteiger partial charge on any atom is -0.366 e. The van der Waals surface area contributed by atoms with E-state index in [2.05, 4.69) is 0 Å². The van der Waals surface area contributed by atoms with E-state index in [-0.39, 0.29) is 20.4 Å². The van der Waals surface area contributed by atoms with Gasteiger partial charge in [0.25, 0.3) is 0 Å². The number of hydrogen-bond donors (Lipinski definition) is 1. The van der Waals surface area contributed by atoms with Crippen molar-refractivity contribution in [2.45, 2.75) is 9.79 Å². The van der Waals surface area contributed by atoms with Crippen LogP contribution in [0, 0.1) is 5.82 Å². The lowest BCUT2D eigenvalue weighted by Gasteiger charge is -2.08. The molecule has 3 aromatic rings. The van der Waals surface area contributed by atoms with E-state index in [1.807, 2.05) is 0 Å². The lowest BCUT2D eigenvalue weighted by Crippen LogP contribution is -2.16.